The molecule has 0 fully saturated rings. The van der Waals surface area contributed by atoms with E-state index in [1.165, 1.54) is 0 Å². The predicted octanol–water partition coefficient (Wildman–Crippen LogP) is 3.69. The standard InChI is InChI=1S/C22H33N2O9P/c1-6-21(25)29-15-32-34(27,33-16-30-22(26)7-2)31-14-24-13-17(10-11-23(3)4)19-9-8-18(28-5)12-20(19)24/h8-9,12-13H,6-7,10-11,14-16H2,1-5H3. The number of benzene rings is 1. The van der Waals surface area contributed by atoms with Crippen molar-refractivity contribution in [2.75, 3.05) is 41.3 Å². The minimum absolute atomic E-state index is 0.121. The Morgan fingerprint density at radius 1 is 1.00 bits per heavy atom. The van der Waals surface area contributed by atoms with E-state index < -0.39 is 33.3 Å². The van der Waals surface area contributed by atoms with E-state index in [4.69, 9.17) is 27.8 Å². The molecule has 11 nitrogen and oxygen atoms in total. The number of ether oxygens (including phenoxy) is 3. The second-order valence-electron chi connectivity index (χ2n) is 7.50. The van der Waals surface area contributed by atoms with Crippen LogP contribution in [0.4, 0.5) is 0 Å². The van der Waals surface area contributed by atoms with Gasteiger partial charge in [-0.15, -0.1) is 0 Å². The van der Waals surface area contributed by atoms with Crippen LogP contribution in [0.2, 0.25) is 0 Å². The van der Waals surface area contributed by atoms with Crippen molar-refractivity contribution in [2.24, 2.45) is 0 Å². The zero-order chi connectivity index (χ0) is 25.1. The van der Waals surface area contributed by atoms with Gasteiger partial charge in [-0.2, -0.15) is 0 Å². The summed E-state index contributed by atoms with van der Waals surface area (Å²) in [6.07, 6.45) is 2.92. The van der Waals surface area contributed by atoms with E-state index in [1.54, 1.807) is 25.5 Å². The molecule has 0 saturated heterocycles. The molecule has 0 bridgehead atoms. The van der Waals surface area contributed by atoms with Crippen molar-refractivity contribution in [1.29, 1.82) is 0 Å². The molecule has 0 N–H and O–H groups in total. The summed E-state index contributed by atoms with van der Waals surface area (Å²) in [5.74, 6) is -0.435. The Bertz CT molecular complexity index is 980. The van der Waals surface area contributed by atoms with Crippen molar-refractivity contribution in [3.63, 3.8) is 0 Å². The minimum Gasteiger partial charge on any atom is -0.497 e. The molecule has 190 valence electrons. The second-order valence-corrected chi connectivity index (χ2v) is 9.17. The summed E-state index contributed by atoms with van der Waals surface area (Å²) in [4.78, 5) is 24.8. The van der Waals surface area contributed by atoms with Crippen LogP contribution in [0.5, 0.6) is 5.75 Å². The number of phosphoric ester groups is 1. The molecule has 1 heterocycles. The SMILES string of the molecule is CCC(=O)OCOP(=O)(OCOC(=O)CC)OCn1cc(CCN(C)C)c2ccc(OC)cc21. The van der Waals surface area contributed by atoms with Gasteiger partial charge in [-0.3, -0.25) is 14.1 Å². The van der Waals surface area contributed by atoms with Crippen molar-refractivity contribution in [3.05, 3.63) is 30.0 Å². The number of phosphoric acid groups is 1. The van der Waals surface area contributed by atoms with Gasteiger partial charge in [0.05, 0.1) is 12.6 Å². The van der Waals surface area contributed by atoms with Gasteiger partial charge < -0.3 is 23.7 Å². The zero-order valence-corrected chi connectivity index (χ0v) is 21.2. The van der Waals surface area contributed by atoms with Gasteiger partial charge in [0.2, 0.25) is 13.6 Å². The van der Waals surface area contributed by atoms with Gasteiger partial charge in [-0.05, 0) is 38.2 Å². The van der Waals surface area contributed by atoms with Crippen molar-refractivity contribution in [2.45, 2.75) is 39.8 Å². The van der Waals surface area contributed by atoms with E-state index in [0.29, 0.717) is 5.75 Å². The maximum Gasteiger partial charge on any atom is 0.482 e. The molecule has 12 heteroatoms. The topological polar surface area (TPSA) is 115 Å². The molecule has 0 saturated carbocycles. The molecular weight excluding hydrogens is 467 g/mol. The molecule has 0 atom stereocenters. The zero-order valence-electron chi connectivity index (χ0n) is 20.3. The summed E-state index contributed by atoms with van der Waals surface area (Å²) in [5, 5.41) is 0.997. The number of hydrogen-bond acceptors (Lipinski definition) is 10. The maximum absolute atomic E-state index is 13.1. The maximum atomic E-state index is 13.1. The average Bonchev–Trinajstić information content (AvgIpc) is 3.18. The van der Waals surface area contributed by atoms with E-state index in [0.717, 1.165) is 29.4 Å². The molecular formula is C22H33N2O9P. The Balaban J connectivity index is 2.21. The highest BCUT2D eigenvalue weighted by Crippen LogP contribution is 2.50. The molecule has 0 aliphatic rings. The molecule has 2 aromatic rings. The summed E-state index contributed by atoms with van der Waals surface area (Å²) in [6.45, 7) is 2.57. The third kappa shape index (κ3) is 8.41. The number of carbonyl (C=O) groups is 2. The fourth-order valence-corrected chi connectivity index (χ4v) is 3.74. The van der Waals surface area contributed by atoms with Crippen LogP contribution in [0.1, 0.15) is 32.3 Å². The molecule has 0 aliphatic heterocycles. The number of fused-ring (bicyclic) bond motifs is 1. The fourth-order valence-electron chi connectivity index (χ4n) is 2.89. The van der Waals surface area contributed by atoms with Crippen LogP contribution in [0.15, 0.2) is 24.4 Å². The molecule has 0 unspecified atom stereocenters. The highest BCUT2D eigenvalue weighted by atomic mass is 31.2. The lowest BCUT2D eigenvalue weighted by Gasteiger charge is -2.18. The summed E-state index contributed by atoms with van der Waals surface area (Å²) in [5.41, 5.74) is 1.87. The fraction of sp³-hybridized carbons (Fsp3) is 0.545. The first kappa shape index (κ1) is 27.8. The van der Waals surface area contributed by atoms with E-state index in [1.807, 2.05) is 38.5 Å². The molecule has 1 aromatic carbocycles. The smallest absolute Gasteiger partial charge is 0.482 e. The van der Waals surface area contributed by atoms with Crippen LogP contribution in [0, 0.1) is 0 Å². The number of hydrogen-bond donors (Lipinski definition) is 0. The van der Waals surface area contributed by atoms with Gasteiger partial charge in [0.1, 0.15) is 12.5 Å². The minimum atomic E-state index is -4.25. The quantitative estimate of drug-likeness (QED) is 0.204. The Hall–Kier alpha value is -2.43. The number of likely N-dealkylation sites (N-methyl/N-ethyl adjacent to an activating group) is 1. The first-order valence-electron chi connectivity index (χ1n) is 10.9. The number of methoxy groups -OCH3 is 1. The van der Waals surface area contributed by atoms with Crippen molar-refractivity contribution >= 4 is 30.7 Å². The van der Waals surface area contributed by atoms with E-state index >= 15 is 0 Å². The van der Waals surface area contributed by atoms with Crippen LogP contribution in [0.25, 0.3) is 10.9 Å². The number of aromatic nitrogens is 1. The second kappa shape index (κ2) is 13.5. The van der Waals surface area contributed by atoms with Gasteiger partial charge in [0, 0.05) is 37.0 Å². The number of nitrogens with zero attached hydrogens (tertiary/aromatic N) is 2. The van der Waals surface area contributed by atoms with E-state index in [-0.39, 0.29) is 19.6 Å². The number of carbonyl (C=O) groups excluding carboxylic acids is 2. The third-order valence-electron chi connectivity index (χ3n) is 4.79. The summed E-state index contributed by atoms with van der Waals surface area (Å²) >= 11 is 0. The Morgan fingerprint density at radius 2 is 1.62 bits per heavy atom. The van der Waals surface area contributed by atoms with Crippen LogP contribution >= 0.6 is 7.82 Å². The Kier molecular flexibility index (Phi) is 11.0. The lowest BCUT2D eigenvalue weighted by atomic mass is 10.1. The summed E-state index contributed by atoms with van der Waals surface area (Å²) in [7, 11) is 1.31. The molecule has 2 rings (SSSR count). The average molecular weight is 500 g/mol. The van der Waals surface area contributed by atoms with Crippen molar-refractivity contribution < 1.29 is 41.9 Å². The van der Waals surface area contributed by atoms with E-state index in [2.05, 4.69) is 4.90 Å². The lowest BCUT2D eigenvalue weighted by Crippen LogP contribution is -2.15. The first-order valence-corrected chi connectivity index (χ1v) is 12.3. The van der Waals surface area contributed by atoms with Gasteiger partial charge in [0.25, 0.3) is 0 Å². The molecule has 0 aliphatic carbocycles. The predicted molar refractivity (Wildman–Crippen MR) is 124 cm³/mol. The van der Waals surface area contributed by atoms with Crippen molar-refractivity contribution in [3.8, 4) is 5.75 Å². The van der Waals surface area contributed by atoms with Gasteiger partial charge >= 0.3 is 19.8 Å². The summed E-state index contributed by atoms with van der Waals surface area (Å²) < 4.78 is 45.6. The monoisotopic (exact) mass is 500 g/mol. The molecule has 0 amide bonds. The van der Waals surface area contributed by atoms with E-state index in [9.17, 15) is 14.2 Å². The Labute approximate surface area is 199 Å². The Morgan fingerprint density at radius 3 is 2.15 bits per heavy atom. The van der Waals surface area contributed by atoms with Crippen LogP contribution in [-0.4, -0.2) is 62.7 Å². The highest BCUT2D eigenvalue weighted by molar-refractivity contribution is 7.48. The molecule has 1 aromatic heterocycles. The van der Waals surface area contributed by atoms with Gasteiger partial charge in [-0.25, -0.2) is 13.6 Å². The highest BCUT2D eigenvalue weighted by Gasteiger charge is 2.29. The van der Waals surface area contributed by atoms with Crippen LogP contribution in [0.3, 0.4) is 0 Å². The summed E-state index contributed by atoms with van der Waals surface area (Å²) in [6, 6.07) is 5.67. The van der Waals surface area contributed by atoms with Gasteiger partial charge in [-0.1, -0.05) is 13.8 Å². The normalized spacial score (nSPS) is 11.7. The number of rotatable bonds is 15. The third-order valence-corrected chi connectivity index (χ3v) is 6.07. The first-order chi connectivity index (χ1) is 16.2. The largest absolute Gasteiger partial charge is 0.497 e. The molecule has 34 heavy (non-hydrogen) atoms. The lowest BCUT2D eigenvalue weighted by molar-refractivity contribution is -0.153. The number of esters is 2. The molecule has 0 spiro atoms. The van der Waals surface area contributed by atoms with Crippen LogP contribution in [-0.2, 0) is 50.4 Å². The van der Waals surface area contributed by atoms with Crippen molar-refractivity contribution in [1.82, 2.24) is 9.47 Å². The van der Waals surface area contributed by atoms with Crippen LogP contribution < -0.4 is 4.74 Å². The molecule has 0 radical (unpaired) electrons. The van der Waals surface area contributed by atoms with Gasteiger partial charge in [0.15, 0.2) is 0 Å².